The number of thiocarbonyl (C=S) groups is 1. The van der Waals surface area contributed by atoms with E-state index >= 15 is 0 Å². The van der Waals surface area contributed by atoms with Crippen LogP contribution in [0, 0.1) is 5.92 Å². The summed E-state index contributed by atoms with van der Waals surface area (Å²) in [5.41, 5.74) is 0. The molecule has 1 heterocycles. The van der Waals surface area contributed by atoms with Crippen LogP contribution in [-0.2, 0) is 6.42 Å². The van der Waals surface area contributed by atoms with Gasteiger partial charge in [0.1, 0.15) is 0 Å². The molecule has 2 aliphatic rings. The molecule has 6 heteroatoms. The van der Waals surface area contributed by atoms with E-state index in [-0.39, 0.29) is 0 Å². The molecule has 0 N–H and O–H groups in total. The van der Waals surface area contributed by atoms with Crippen molar-refractivity contribution in [2.45, 2.75) is 96.1 Å². The predicted molar refractivity (Wildman–Crippen MR) is 105 cm³/mol. The third-order valence-corrected chi connectivity index (χ3v) is 6.51. The van der Waals surface area contributed by atoms with E-state index in [9.17, 15) is 0 Å². The Morgan fingerprint density at radius 1 is 1.12 bits per heavy atom. The van der Waals surface area contributed by atoms with Crippen molar-refractivity contribution >= 4 is 17.2 Å². The number of nitrogens with zero attached hydrogens (tertiary/aromatic N) is 5. The fourth-order valence-electron chi connectivity index (χ4n) is 4.45. The van der Waals surface area contributed by atoms with Crippen LogP contribution in [0.5, 0.6) is 0 Å². The molecule has 2 saturated carbocycles. The molecule has 1 unspecified atom stereocenters. The maximum Gasteiger partial charge on any atom is 0.151 e. The molecule has 5 nitrogen and oxygen atoms in total. The van der Waals surface area contributed by atoms with E-state index in [1.54, 1.807) is 0 Å². The highest BCUT2D eigenvalue weighted by Gasteiger charge is 2.23. The van der Waals surface area contributed by atoms with Crippen LogP contribution in [0.25, 0.3) is 0 Å². The minimum absolute atomic E-state index is 0.479. The molecular formula is C19H33N5S. The van der Waals surface area contributed by atoms with E-state index in [0.717, 1.165) is 23.7 Å². The first-order valence-corrected chi connectivity index (χ1v) is 10.6. The minimum atomic E-state index is 0.479. The average Bonchev–Trinajstić information content (AvgIpc) is 3.10. The van der Waals surface area contributed by atoms with Gasteiger partial charge in [0.2, 0.25) is 0 Å². The summed E-state index contributed by atoms with van der Waals surface area (Å²) in [4.78, 5) is 3.48. The number of hydrogen-bond acceptors (Lipinski definition) is 4. The van der Waals surface area contributed by atoms with Crippen molar-refractivity contribution in [2.75, 3.05) is 7.05 Å². The first-order chi connectivity index (χ1) is 12.1. The third-order valence-electron chi connectivity index (χ3n) is 6.05. The highest BCUT2D eigenvalue weighted by Crippen LogP contribution is 2.29. The molecule has 0 radical (unpaired) electrons. The van der Waals surface area contributed by atoms with E-state index in [4.69, 9.17) is 12.2 Å². The van der Waals surface area contributed by atoms with E-state index in [1.807, 2.05) is 0 Å². The lowest BCUT2D eigenvalue weighted by atomic mass is 9.93. The van der Waals surface area contributed by atoms with Crippen LogP contribution in [0.4, 0.5) is 0 Å². The average molecular weight is 364 g/mol. The zero-order chi connectivity index (χ0) is 17.6. The Hall–Kier alpha value is -1.04. The lowest BCUT2D eigenvalue weighted by Crippen LogP contribution is -2.38. The Kier molecular flexibility index (Phi) is 6.79. The van der Waals surface area contributed by atoms with E-state index < -0.39 is 0 Å². The van der Waals surface area contributed by atoms with Gasteiger partial charge in [-0.05, 0) is 42.0 Å². The maximum atomic E-state index is 5.75. The molecule has 140 valence electrons. The zero-order valence-electron chi connectivity index (χ0n) is 15.9. The molecule has 0 bridgehead atoms. The Morgan fingerprint density at radius 3 is 2.44 bits per heavy atom. The van der Waals surface area contributed by atoms with Crippen molar-refractivity contribution < 1.29 is 0 Å². The molecule has 0 spiro atoms. The van der Waals surface area contributed by atoms with Crippen LogP contribution in [-0.4, -0.2) is 43.2 Å². The van der Waals surface area contributed by atoms with Gasteiger partial charge >= 0.3 is 0 Å². The molecule has 0 amide bonds. The van der Waals surface area contributed by atoms with Crippen LogP contribution in [0.2, 0.25) is 0 Å². The molecule has 2 aliphatic carbocycles. The van der Waals surface area contributed by atoms with Gasteiger partial charge in [-0.25, -0.2) is 4.68 Å². The summed E-state index contributed by atoms with van der Waals surface area (Å²) in [6.45, 7) is 2.28. The summed E-state index contributed by atoms with van der Waals surface area (Å²) in [6.07, 6.45) is 14.9. The summed E-state index contributed by atoms with van der Waals surface area (Å²) < 4.78 is 2.10. The highest BCUT2D eigenvalue weighted by atomic mass is 32.1. The molecule has 3 rings (SSSR count). The SMILES string of the molecule is CC(CC(=S)N(C)C1CCCCC1)Cc1nnnn1C1CCCCC1. The van der Waals surface area contributed by atoms with Crippen molar-refractivity contribution in [1.29, 1.82) is 0 Å². The zero-order valence-corrected chi connectivity index (χ0v) is 16.7. The molecule has 0 aromatic carbocycles. The van der Waals surface area contributed by atoms with Crippen molar-refractivity contribution in [3.63, 3.8) is 0 Å². The summed E-state index contributed by atoms with van der Waals surface area (Å²) in [6, 6.07) is 1.16. The summed E-state index contributed by atoms with van der Waals surface area (Å²) in [5.74, 6) is 1.52. The largest absolute Gasteiger partial charge is 0.366 e. The molecule has 1 atom stereocenters. The fourth-order valence-corrected chi connectivity index (χ4v) is 4.89. The van der Waals surface area contributed by atoms with Crippen LogP contribution >= 0.6 is 12.2 Å². The maximum absolute atomic E-state index is 5.75. The second-order valence-electron chi connectivity index (χ2n) is 8.14. The molecular weight excluding hydrogens is 330 g/mol. The third kappa shape index (κ3) is 4.99. The summed E-state index contributed by atoms with van der Waals surface area (Å²) >= 11 is 5.75. The first kappa shape index (κ1) is 18.7. The molecule has 1 aromatic rings. The second kappa shape index (κ2) is 9.06. The van der Waals surface area contributed by atoms with Crippen LogP contribution in [0.3, 0.4) is 0 Å². The van der Waals surface area contributed by atoms with Gasteiger partial charge in [0.25, 0.3) is 0 Å². The topological polar surface area (TPSA) is 46.8 Å². The van der Waals surface area contributed by atoms with Gasteiger partial charge < -0.3 is 4.90 Å². The standard InChI is InChI=1S/C19H33N5S/c1-15(14-19(25)23(2)16-9-5-3-6-10-16)13-18-20-21-22-24(18)17-11-7-4-8-12-17/h15-17H,3-14H2,1-2H3. The number of rotatable bonds is 6. The smallest absolute Gasteiger partial charge is 0.151 e. The normalized spacial score (nSPS) is 21.2. The van der Waals surface area contributed by atoms with E-state index in [0.29, 0.717) is 18.0 Å². The quantitative estimate of drug-likeness (QED) is 0.704. The Bertz CT molecular complexity index is 546. The monoisotopic (exact) mass is 363 g/mol. The molecule has 2 fully saturated rings. The summed E-state index contributed by atoms with van der Waals surface area (Å²) in [7, 11) is 2.19. The van der Waals surface area contributed by atoms with Gasteiger partial charge in [-0.1, -0.05) is 57.7 Å². The highest BCUT2D eigenvalue weighted by molar-refractivity contribution is 7.80. The van der Waals surface area contributed by atoms with Crippen molar-refractivity contribution in [1.82, 2.24) is 25.1 Å². The fraction of sp³-hybridized carbons (Fsp3) is 0.895. The van der Waals surface area contributed by atoms with Gasteiger partial charge in [-0.15, -0.1) is 5.10 Å². The van der Waals surface area contributed by atoms with Gasteiger partial charge in [0.05, 0.1) is 11.0 Å². The van der Waals surface area contributed by atoms with Gasteiger partial charge in [-0.3, -0.25) is 0 Å². The minimum Gasteiger partial charge on any atom is -0.366 e. The van der Waals surface area contributed by atoms with E-state index in [2.05, 4.69) is 39.1 Å². The van der Waals surface area contributed by atoms with Gasteiger partial charge in [-0.2, -0.15) is 0 Å². The second-order valence-corrected chi connectivity index (χ2v) is 8.61. The molecule has 25 heavy (non-hydrogen) atoms. The predicted octanol–water partition coefficient (Wildman–Crippen LogP) is 4.34. The Morgan fingerprint density at radius 2 is 1.76 bits per heavy atom. The lowest BCUT2D eigenvalue weighted by molar-refractivity contribution is 0.275. The number of hydrogen-bond donors (Lipinski definition) is 0. The molecule has 0 aliphatic heterocycles. The van der Waals surface area contributed by atoms with E-state index in [1.165, 1.54) is 64.2 Å². The molecule has 1 aromatic heterocycles. The summed E-state index contributed by atoms with van der Waals surface area (Å²) in [5, 5.41) is 12.6. The Labute approximate surface area is 157 Å². The van der Waals surface area contributed by atoms with Gasteiger partial charge in [0.15, 0.2) is 5.82 Å². The van der Waals surface area contributed by atoms with Crippen LogP contribution in [0.1, 0.15) is 89.4 Å². The number of tetrazole rings is 1. The number of aromatic nitrogens is 4. The lowest BCUT2D eigenvalue weighted by Gasteiger charge is -2.34. The van der Waals surface area contributed by atoms with Crippen LogP contribution in [0.15, 0.2) is 0 Å². The van der Waals surface area contributed by atoms with Crippen molar-refractivity contribution in [2.24, 2.45) is 5.92 Å². The van der Waals surface area contributed by atoms with Crippen molar-refractivity contribution in [3.8, 4) is 0 Å². The van der Waals surface area contributed by atoms with Crippen LogP contribution < -0.4 is 0 Å². The van der Waals surface area contributed by atoms with Crippen molar-refractivity contribution in [3.05, 3.63) is 5.82 Å². The molecule has 0 saturated heterocycles. The van der Waals surface area contributed by atoms with Gasteiger partial charge in [0, 0.05) is 25.9 Å². The first-order valence-electron chi connectivity index (χ1n) is 10.2. The Balaban J connectivity index is 1.53.